The summed E-state index contributed by atoms with van der Waals surface area (Å²) in [7, 11) is -1.69. The van der Waals surface area contributed by atoms with Gasteiger partial charge in [0.05, 0.1) is 12.3 Å². The molecule has 2 aromatic rings. The van der Waals surface area contributed by atoms with Crippen LogP contribution in [0.25, 0.3) is 0 Å². The highest BCUT2D eigenvalue weighted by Gasteiger charge is 2.15. The molecule has 0 bridgehead atoms. The van der Waals surface area contributed by atoms with E-state index in [0.717, 1.165) is 23.1 Å². The quantitative estimate of drug-likeness (QED) is 0.678. The van der Waals surface area contributed by atoms with Gasteiger partial charge in [0, 0.05) is 13.6 Å². The van der Waals surface area contributed by atoms with Crippen LogP contribution < -0.4 is 10.1 Å². The van der Waals surface area contributed by atoms with E-state index in [1.807, 2.05) is 6.92 Å². The molecule has 0 aromatic heterocycles. The summed E-state index contributed by atoms with van der Waals surface area (Å²) < 4.78 is 29.8. The van der Waals surface area contributed by atoms with Gasteiger partial charge in [-0.25, -0.2) is 12.7 Å². The number of benzene rings is 2. The molecule has 29 heavy (non-hydrogen) atoms. The van der Waals surface area contributed by atoms with Crippen LogP contribution in [0.2, 0.25) is 0 Å². The maximum atomic E-state index is 12.4. The third-order valence-corrected chi connectivity index (χ3v) is 6.07. The Morgan fingerprint density at radius 1 is 1.14 bits per heavy atom. The first-order valence-corrected chi connectivity index (χ1v) is 11.4. The van der Waals surface area contributed by atoms with E-state index in [4.69, 9.17) is 4.74 Å². The highest BCUT2D eigenvalue weighted by molar-refractivity contribution is 7.88. The van der Waals surface area contributed by atoms with Crippen molar-refractivity contribution in [1.29, 1.82) is 0 Å². The molecule has 1 atom stereocenters. The first kappa shape index (κ1) is 22.9. The van der Waals surface area contributed by atoms with Crippen molar-refractivity contribution in [2.45, 2.75) is 39.8 Å². The minimum atomic E-state index is -3.23. The molecule has 0 saturated carbocycles. The Kier molecular flexibility index (Phi) is 7.81. The number of ether oxygens (including phenoxy) is 1. The number of hydrogen-bond acceptors (Lipinski definition) is 4. The van der Waals surface area contributed by atoms with Crippen molar-refractivity contribution >= 4 is 15.9 Å². The summed E-state index contributed by atoms with van der Waals surface area (Å²) in [4.78, 5) is 12.4. The highest BCUT2D eigenvalue weighted by Crippen LogP contribution is 2.22. The third kappa shape index (κ3) is 6.87. The lowest BCUT2D eigenvalue weighted by Gasteiger charge is -2.20. The number of hydrogen-bond donors (Lipinski definition) is 1. The summed E-state index contributed by atoms with van der Waals surface area (Å²) in [5.74, 6) is 0.378. The molecule has 0 unspecified atom stereocenters. The van der Waals surface area contributed by atoms with Gasteiger partial charge in [-0.05, 0) is 49.1 Å². The number of nitrogens with one attached hydrogen (secondary N) is 1. The van der Waals surface area contributed by atoms with Gasteiger partial charge in [-0.15, -0.1) is 0 Å². The predicted molar refractivity (Wildman–Crippen MR) is 115 cm³/mol. The Labute approximate surface area is 173 Å². The zero-order chi connectivity index (χ0) is 21.6. The van der Waals surface area contributed by atoms with E-state index in [0.29, 0.717) is 5.75 Å². The number of amides is 1. The molecule has 0 spiro atoms. The van der Waals surface area contributed by atoms with Crippen molar-refractivity contribution in [3.8, 4) is 5.75 Å². The Bertz CT molecular complexity index is 940. The first-order chi connectivity index (χ1) is 13.6. The SMILES string of the molecule is CC[C@@H](NC(=O)COc1ccc(CN(C)S(C)(=O)=O)cc1)c1ccc(C)cc1C. The highest BCUT2D eigenvalue weighted by atomic mass is 32.2. The van der Waals surface area contributed by atoms with Gasteiger partial charge in [0.1, 0.15) is 5.75 Å². The van der Waals surface area contributed by atoms with Crippen molar-refractivity contribution in [3.63, 3.8) is 0 Å². The van der Waals surface area contributed by atoms with Crippen LogP contribution in [-0.4, -0.2) is 38.5 Å². The summed E-state index contributed by atoms with van der Waals surface area (Å²) >= 11 is 0. The number of carbonyl (C=O) groups excluding carboxylic acids is 1. The van der Waals surface area contributed by atoms with Gasteiger partial charge in [-0.1, -0.05) is 42.8 Å². The molecule has 1 N–H and O–H groups in total. The molecule has 0 aliphatic heterocycles. The van der Waals surface area contributed by atoms with Gasteiger partial charge < -0.3 is 10.1 Å². The molecule has 2 rings (SSSR count). The van der Waals surface area contributed by atoms with E-state index in [1.165, 1.54) is 23.2 Å². The van der Waals surface area contributed by atoms with E-state index in [9.17, 15) is 13.2 Å². The summed E-state index contributed by atoms with van der Waals surface area (Å²) in [6.45, 7) is 6.35. The summed E-state index contributed by atoms with van der Waals surface area (Å²) in [6.07, 6.45) is 1.96. The number of sulfonamides is 1. The standard InChI is InChI=1S/C22H30N2O4S/c1-6-21(20-12-7-16(2)13-17(20)3)23-22(25)15-28-19-10-8-18(9-11-19)14-24(4)29(5,26)27/h7-13,21H,6,14-15H2,1-5H3,(H,23,25)/t21-/m1/s1. The predicted octanol–water partition coefficient (Wildman–Crippen LogP) is 3.34. The minimum Gasteiger partial charge on any atom is -0.484 e. The maximum absolute atomic E-state index is 12.4. The molecule has 2 aromatic carbocycles. The van der Waals surface area contributed by atoms with Gasteiger partial charge in [0.2, 0.25) is 10.0 Å². The fourth-order valence-corrected chi connectivity index (χ4v) is 3.45. The fourth-order valence-electron chi connectivity index (χ4n) is 3.07. The second-order valence-corrected chi connectivity index (χ2v) is 9.43. The van der Waals surface area contributed by atoms with Crippen molar-refractivity contribution in [3.05, 3.63) is 64.7 Å². The van der Waals surface area contributed by atoms with Crippen molar-refractivity contribution < 1.29 is 17.9 Å². The van der Waals surface area contributed by atoms with E-state index >= 15 is 0 Å². The van der Waals surface area contributed by atoms with Crippen LogP contribution in [0.4, 0.5) is 0 Å². The number of rotatable bonds is 9. The third-order valence-electron chi connectivity index (χ3n) is 4.81. The summed E-state index contributed by atoms with van der Waals surface area (Å²) in [5.41, 5.74) is 4.32. The van der Waals surface area contributed by atoms with Gasteiger partial charge in [-0.3, -0.25) is 4.79 Å². The molecule has 0 aliphatic rings. The van der Waals surface area contributed by atoms with Crippen molar-refractivity contribution in [1.82, 2.24) is 9.62 Å². The maximum Gasteiger partial charge on any atom is 0.258 e. The molecule has 0 heterocycles. The lowest BCUT2D eigenvalue weighted by Crippen LogP contribution is -2.32. The molecule has 6 nitrogen and oxygen atoms in total. The van der Waals surface area contributed by atoms with Crippen LogP contribution in [0.5, 0.6) is 5.75 Å². The Hall–Kier alpha value is -2.38. The number of aryl methyl sites for hydroxylation is 2. The van der Waals surface area contributed by atoms with Gasteiger partial charge in [0.15, 0.2) is 6.61 Å². The summed E-state index contributed by atoms with van der Waals surface area (Å²) in [5, 5.41) is 3.03. The Balaban J connectivity index is 1.91. The molecular weight excluding hydrogens is 388 g/mol. The molecule has 7 heteroatoms. The Morgan fingerprint density at radius 3 is 2.34 bits per heavy atom. The zero-order valence-electron chi connectivity index (χ0n) is 17.7. The van der Waals surface area contributed by atoms with Crippen molar-refractivity contribution in [2.75, 3.05) is 19.9 Å². The van der Waals surface area contributed by atoms with E-state index < -0.39 is 10.0 Å². The van der Waals surface area contributed by atoms with Crippen LogP contribution in [0, 0.1) is 13.8 Å². The monoisotopic (exact) mass is 418 g/mol. The average Bonchev–Trinajstić information content (AvgIpc) is 2.65. The number of nitrogens with zero attached hydrogens (tertiary/aromatic N) is 1. The lowest BCUT2D eigenvalue weighted by atomic mass is 9.97. The average molecular weight is 419 g/mol. The lowest BCUT2D eigenvalue weighted by molar-refractivity contribution is -0.123. The zero-order valence-corrected chi connectivity index (χ0v) is 18.5. The molecular formula is C22H30N2O4S. The summed E-state index contributed by atoms with van der Waals surface area (Å²) in [6, 6.07) is 13.2. The second-order valence-electron chi connectivity index (χ2n) is 7.34. The van der Waals surface area contributed by atoms with Crippen molar-refractivity contribution in [2.24, 2.45) is 0 Å². The normalized spacial score (nSPS) is 12.6. The molecule has 158 valence electrons. The Morgan fingerprint density at radius 2 is 1.79 bits per heavy atom. The first-order valence-electron chi connectivity index (χ1n) is 9.59. The van der Waals surface area contributed by atoms with Gasteiger partial charge in [0.25, 0.3) is 5.91 Å². The molecule has 0 aliphatic carbocycles. The van der Waals surface area contributed by atoms with Crippen LogP contribution in [0.3, 0.4) is 0 Å². The van der Waals surface area contributed by atoms with Crippen LogP contribution in [0.1, 0.15) is 41.6 Å². The smallest absolute Gasteiger partial charge is 0.258 e. The van der Waals surface area contributed by atoms with Crippen LogP contribution in [0.15, 0.2) is 42.5 Å². The largest absolute Gasteiger partial charge is 0.484 e. The van der Waals surface area contributed by atoms with E-state index in [-0.39, 0.29) is 25.1 Å². The fraction of sp³-hybridized carbons (Fsp3) is 0.409. The van der Waals surface area contributed by atoms with Gasteiger partial charge >= 0.3 is 0 Å². The molecule has 0 radical (unpaired) electrons. The molecule has 1 amide bonds. The number of carbonyl (C=O) groups is 1. The molecule has 0 fully saturated rings. The second kappa shape index (κ2) is 9.89. The van der Waals surface area contributed by atoms with Crippen LogP contribution in [-0.2, 0) is 21.4 Å². The topological polar surface area (TPSA) is 75.7 Å². The van der Waals surface area contributed by atoms with Crippen LogP contribution >= 0.6 is 0 Å². The van der Waals surface area contributed by atoms with Gasteiger partial charge in [-0.2, -0.15) is 0 Å². The van der Waals surface area contributed by atoms with E-state index in [2.05, 4.69) is 37.4 Å². The minimum absolute atomic E-state index is 0.0550. The molecule has 0 saturated heterocycles. The van der Waals surface area contributed by atoms with E-state index in [1.54, 1.807) is 24.3 Å².